The van der Waals surface area contributed by atoms with Crippen LogP contribution in [-0.4, -0.2) is 21.2 Å². The highest BCUT2D eigenvalue weighted by Gasteiger charge is 2.05. The Morgan fingerprint density at radius 3 is 2.44 bits per heavy atom. The third-order valence-corrected chi connectivity index (χ3v) is 4.24. The van der Waals surface area contributed by atoms with Gasteiger partial charge in [-0.1, -0.05) is 41.6 Å². The zero-order chi connectivity index (χ0) is 17.6. The van der Waals surface area contributed by atoms with Crippen LogP contribution in [0.5, 0.6) is 0 Å². The number of nitrogens with zero attached hydrogens (tertiary/aromatic N) is 3. The van der Waals surface area contributed by atoms with Gasteiger partial charge in [-0.05, 0) is 42.5 Å². The number of halogens is 1. The largest absolute Gasteiger partial charge is 0.366 e. The fourth-order valence-corrected chi connectivity index (χ4v) is 2.64. The van der Waals surface area contributed by atoms with Crippen molar-refractivity contribution in [3.8, 4) is 0 Å². The van der Waals surface area contributed by atoms with E-state index in [0.29, 0.717) is 17.5 Å². The predicted molar refractivity (Wildman–Crippen MR) is 105 cm³/mol. The monoisotopic (exact) mass is 371 g/mol. The van der Waals surface area contributed by atoms with E-state index in [1.165, 1.54) is 11.8 Å². The van der Waals surface area contributed by atoms with Gasteiger partial charge in [0.25, 0.3) is 0 Å². The van der Waals surface area contributed by atoms with E-state index in [4.69, 9.17) is 11.6 Å². The average molecular weight is 372 g/mol. The van der Waals surface area contributed by atoms with Crippen LogP contribution in [0.3, 0.4) is 0 Å². The lowest BCUT2D eigenvalue weighted by Crippen LogP contribution is -2.05. The first-order valence-corrected chi connectivity index (χ1v) is 9.34. The molecule has 3 rings (SSSR count). The predicted octanol–water partition coefficient (Wildman–Crippen LogP) is 4.91. The van der Waals surface area contributed by atoms with Gasteiger partial charge in [0.15, 0.2) is 5.16 Å². The van der Waals surface area contributed by atoms with E-state index >= 15 is 0 Å². The SMILES string of the molecule is CSc1nc(NCc2ccc(Cl)cc2)cc(Nc2ccc(C)cn2)n1. The summed E-state index contributed by atoms with van der Waals surface area (Å²) in [7, 11) is 0. The Kier molecular flexibility index (Phi) is 5.73. The van der Waals surface area contributed by atoms with Gasteiger partial charge in [-0.25, -0.2) is 15.0 Å². The minimum absolute atomic E-state index is 0.657. The lowest BCUT2D eigenvalue weighted by molar-refractivity contribution is 0.959. The third-order valence-electron chi connectivity index (χ3n) is 3.44. The van der Waals surface area contributed by atoms with E-state index in [0.717, 1.165) is 27.8 Å². The molecule has 0 radical (unpaired) electrons. The minimum atomic E-state index is 0.657. The van der Waals surface area contributed by atoms with Crippen LogP contribution < -0.4 is 10.6 Å². The van der Waals surface area contributed by atoms with Crippen molar-refractivity contribution in [2.24, 2.45) is 0 Å². The summed E-state index contributed by atoms with van der Waals surface area (Å²) >= 11 is 7.41. The van der Waals surface area contributed by atoms with Gasteiger partial charge in [0.2, 0.25) is 0 Å². The highest BCUT2D eigenvalue weighted by molar-refractivity contribution is 7.98. The maximum Gasteiger partial charge on any atom is 0.191 e. The van der Waals surface area contributed by atoms with Crippen LogP contribution in [0.2, 0.25) is 5.02 Å². The van der Waals surface area contributed by atoms with Crippen molar-refractivity contribution >= 4 is 40.8 Å². The van der Waals surface area contributed by atoms with Gasteiger partial charge in [-0.3, -0.25) is 0 Å². The fraction of sp³-hybridized carbons (Fsp3) is 0.167. The molecule has 0 unspecified atom stereocenters. The summed E-state index contributed by atoms with van der Waals surface area (Å²) in [6, 6.07) is 13.5. The molecule has 7 heteroatoms. The molecule has 2 heterocycles. The van der Waals surface area contributed by atoms with Crippen molar-refractivity contribution in [1.29, 1.82) is 0 Å². The van der Waals surface area contributed by atoms with Crippen LogP contribution in [-0.2, 0) is 6.54 Å². The second kappa shape index (κ2) is 8.18. The maximum absolute atomic E-state index is 5.92. The van der Waals surface area contributed by atoms with Crippen LogP contribution >= 0.6 is 23.4 Å². The van der Waals surface area contributed by atoms with Crippen molar-refractivity contribution < 1.29 is 0 Å². The summed E-state index contributed by atoms with van der Waals surface area (Å²) in [6.07, 6.45) is 3.77. The molecule has 0 saturated carbocycles. The number of hydrogen-bond donors (Lipinski definition) is 2. The number of aryl methyl sites for hydroxylation is 1. The summed E-state index contributed by atoms with van der Waals surface area (Å²) in [5.41, 5.74) is 2.24. The van der Waals surface area contributed by atoms with Gasteiger partial charge in [-0.2, -0.15) is 0 Å². The second-order valence-corrected chi connectivity index (χ2v) is 6.66. The van der Waals surface area contributed by atoms with Crippen molar-refractivity contribution in [3.63, 3.8) is 0 Å². The van der Waals surface area contributed by atoms with E-state index in [2.05, 4.69) is 25.6 Å². The highest BCUT2D eigenvalue weighted by atomic mass is 35.5. The molecule has 0 saturated heterocycles. The van der Waals surface area contributed by atoms with Crippen LogP contribution in [0, 0.1) is 6.92 Å². The lowest BCUT2D eigenvalue weighted by atomic mass is 10.2. The maximum atomic E-state index is 5.92. The van der Waals surface area contributed by atoms with E-state index in [-0.39, 0.29) is 0 Å². The molecule has 25 heavy (non-hydrogen) atoms. The van der Waals surface area contributed by atoms with Crippen LogP contribution in [0.15, 0.2) is 53.8 Å². The molecule has 0 amide bonds. The van der Waals surface area contributed by atoms with Crippen molar-refractivity contribution in [3.05, 3.63) is 64.8 Å². The molecule has 0 aliphatic heterocycles. The van der Waals surface area contributed by atoms with Gasteiger partial charge in [0, 0.05) is 23.8 Å². The summed E-state index contributed by atoms with van der Waals surface area (Å²) in [5, 5.41) is 7.96. The zero-order valence-corrected chi connectivity index (χ0v) is 15.5. The molecular formula is C18H18ClN5S. The molecule has 2 aromatic heterocycles. The number of pyridine rings is 1. The Labute approximate surface area is 156 Å². The van der Waals surface area contributed by atoms with Crippen molar-refractivity contribution in [2.75, 3.05) is 16.9 Å². The number of benzene rings is 1. The number of aromatic nitrogens is 3. The highest BCUT2D eigenvalue weighted by Crippen LogP contribution is 2.21. The van der Waals surface area contributed by atoms with Crippen LogP contribution in [0.1, 0.15) is 11.1 Å². The molecule has 0 atom stereocenters. The third kappa shape index (κ3) is 5.08. The second-order valence-electron chi connectivity index (χ2n) is 5.45. The van der Waals surface area contributed by atoms with E-state index in [9.17, 15) is 0 Å². The summed E-state index contributed by atoms with van der Waals surface area (Å²) in [6.45, 7) is 2.66. The molecule has 2 N–H and O–H groups in total. The number of nitrogens with one attached hydrogen (secondary N) is 2. The molecule has 128 valence electrons. The Morgan fingerprint density at radius 2 is 1.76 bits per heavy atom. The Bertz CT molecular complexity index is 837. The topological polar surface area (TPSA) is 62.7 Å². The average Bonchev–Trinajstić information content (AvgIpc) is 2.63. The molecule has 1 aromatic carbocycles. The first-order valence-electron chi connectivity index (χ1n) is 7.73. The summed E-state index contributed by atoms with van der Waals surface area (Å²) in [4.78, 5) is 13.3. The van der Waals surface area contributed by atoms with Crippen molar-refractivity contribution in [2.45, 2.75) is 18.6 Å². The molecule has 0 fully saturated rings. The number of hydrogen-bond acceptors (Lipinski definition) is 6. The van der Waals surface area contributed by atoms with Crippen LogP contribution in [0.4, 0.5) is 17.5 Å². The smallest absolute Gasteiger partial charge is 0.191 e. The normalized spacial score (nSPS) is 10.5. The Balaban J connectivity index is 1.74. The number of thioether (sulfide) groups is 1. The number of rotatable bonds is 6. The molecule has 5 nitrogen and oxygen atoms in total. The zero-order valence-electron chi connectivity index (χ0n) is 14.0. The first kappa shape index (κ1) is 17.5. The summed E-state index contributed by atoms with van der Waals surface area (Å²) < 4.78 is 0. The minimum Gasteiger partial charge on any atom is -0.366 e. The van der Waals surface area contributed by atoms with E-state index < -0.39 is 0 Å². The molecule has 0 aliphatic carbocycles. The van der Waals surface area contributed by atoms with Crippen molar-refractivity contribution in [1.82, 2.24) is 15.0 Å². The Morgan fingerprint density at radius 1 is 1.00 bits per heavy atom. The Hall–Kier alpha value is -2.31. The molecule has 0 aliphatic rings. The standard InChI is InChI=1S/C18H18ClN5S/c1-12-3-8-15(20-10-12)22-17-9-16(23-18(24-17)25-2)21-11-13-4-6-14(19)7-5-13/h3-10H,11H2,1-2H3,(H2,20,21,22,23,24). The fourth-order valence-electron chi connectivity index (χ4n) is 2.14. The van der Waals surface area contributed by atoms with Crippen LogP contribution in [0.25, 0.3) is 0 Å². The first-order chi connectivity index (χ1) is 12.1. The van der Waals surface area contributed by atoms with Gasteiger partial charge < -0.3 is 10.6 Å². The van der Waals surface area contributed by atoms with Gasteiger partial charge in [0.05, 0.1) is 0 Å². The van der Waals surface area contributed by atoms with Gasteiger partial charge >= 0.3 is 0 Å². The molecule has 0 bridgehead atoms. The van der Waals surface area contributed by atoms with E-state index in [1.54, 1.807) is 0 Å². The molecule has 0 spiro atoms. The lowest BCUT2D eigenvalue weighted by Gasteiger charge is -2.10. The van der Waals surface area contributed by atoms with Gasteiger partial charge in [0.1, 0.15) is 17.5 Å². The quantitative estimate of drug-likeness (QED) is 0.474. The summed E-state index contributed by atoms with van der Waals surface area (Å²) in [5.74, 6) is 2.21. The van der Waals surface area contributed by atoms with Gasteiger partial charge in [-0.15, -0.1) is 0 Å². The molecular weight excluding hydrogens is 354 g/mol. The van der Waals surface area contributed by atoms with E-state index in [1.807, 2.05) is 61.8 Å². The number of anilines is 3. The molecule has 3 aromatic rings.